The van der Waals surface area contributed by atoms with Crippen LogP contribution in [0.25, 0.3) is 0 Å². The van der Waals surface area contributed by atoms with Gasteiger partial charge in [0.2, 0.25) is 10.0 Å². The Morgan fingerprint density at radius 3 is 2.54 bits per heavy atom. The normalized spacial score (nSPS) is 26.6. The largest absolute Gasteiger partial charge is 0.334 e. The van der Waals surface area contributed by atoms with Gasteiger partial charge in [0, 0.05) is 31.2 Å². The van der Waals surface area contributed by atoms with Crippen molar-refractivity contribution >= 4 is 21.6 Å². The average Bonchev–Trinajstić information content (AvgIpc) is 2.93. The maximum Gasteiger partial charge on any atom is 0.254 e. The van der Waals surface area contributed by atoms with Crippen LogP contribution < -0.4 is 10.0 Å². The van der Waals surface area contributed by atoms with Gasteiger partial charge in [-0.15, -0.1) is 0 Å². The van der Waals surface area contributed by atoms with E-state index in [0.29, 0.717) is 36.7 Å². The molecular weight excluding hydrogens is 326 g/mol. The van der Waals surface area contributed by atoms with E-state index in [9.17, 15) is 13.2 Å². The number of anilines is 1. The number of nitrogens with two attached hydrogens (primary N) is 1. The van der Waals surface area contributed by atoms with Crippen LogP contribution >= 0.6 is 0 Å². The molecule has 2 aliphatic heterocycles. The third kappa shape index (κ3) is 3.28. The number of benzene rings is 1. The number of likely N-dealkylation sites (tertiary alicyclic amines) is 1. The van der Waals surface area contributed by atoms with Gasteiger partial charge in [-0.2, -0.15) is 0 Å². The summed E-state index contributed by atoms with van der Waals surface area (Å²) in [5.41, 5.74) is 7.06. The van der Waals surface area contributed by atoms with Crippen molar-refractivity contribution in [1.82, 2.24) is 4.90 Å². The first-order valence-corrected chi connectivity index (χ1v) is 10.1. The monoisotopic (exact) mass is 351 g/mol. The lowest BCUT2D eigenvalue weighted by atomic mass is 9.92. The van der Waals surface area contributed by atoms with Crippen LogP contribution in [0.15, 0.2) is 24.3 Å². The van der Waals surface area contributed by atoms with Crippen molar-refractivity contribution in [2.45, 2.75) is 32.2 Å². The first-order valence-electron chi connectivity index (χ1n) is 8.54. The molecule has 2 heterocycles. The van der Waals surface area contributed by atoms with Crippen LogP contribution in [-0.2, 0) is 10.0 Å². The summed E-state index contributed by atoms with van der Waals surface area (Å²) in [4.78, 5) is 14.6. The van der Waals surface area contributed by atoms with Crippen molar-refractivity contribution in [3.05, 3.63) is 29.8 Å². The number of nitrogens with zero attached hydrogens (tertiary/aromatic N) is 2. The lowest BCUT2D eigenvalue weighted by molar-refractivity contribution is 0.0573. The summed E-state index contributed by atoms with van der Waals surface area (Å²) in [6, 6.07) is 6.97. The number of carbonyl (C=O) groups excluding carboxylic acids is 1. The molecule has 24 heavy (non-hydrogen) atoms. The molecule has 0 aliphatic carbocycles. The maximum atomic E-state index is 12.8. The summed E-state index contributed by atoms with van der Waals surface area (Å²) in [6.45, 7) is 3.90. The van der Waals surface area contributed by atoms with Crippen molar-refractivity contribution in [3.63, 3.8) is 0 Å². The Balaban J connectivity index is 1.77. The third-order valence-electron chi connectivity index (χ3n) is 5.01. The molecule has 0 aromatic heterocycles. The molecule has 3 rings (SSSR count). The third-order valence-corrected chi connectivity index (χ3v) is 6.88. The van der Waals surface area contributed by atoms with Gasteiger partial charge < -0.3 is 10.6 Å². The van der Waals surface area contributed by atoms with Crippen molar-refractivity contribution in [1.29, 1.82) is 0 Å². The summed E-state index contributed by atoms with van der Waals surface area (Å²) in [6.07, 6.45) is 2.58. The predicted molar refractivity (Wildman–Crippen MR) is 94.5 cm³/mol. The molecule has 132 valence electrons. The number of sulfonamides is 1. The smallest absolute Gasteiger partial charge is 0.254 e. The molecule has 0 saturated carbocycles. The molecule has 2 aliphatic rings. The van der Waals surface area contributed by atoms with Crippen LogP contribution in [0.5, 0.6) is 0 Å². The lowest BCUT2D eigenvalue weighted by Crippen LogP contribution is -2.49. The number of hydrogen-bond donors (Lipinski definition) is 1. The van der Waals surface area contributed by atoms with Gasteiger partial charge >= 0.3 is 0 Å². The highest BCUT2D eigenvalue weighted by Gasteiger charge is 2.31. The molecule has 2 unspecified atom stereocenters. The predicted octanol–water partition coefficient (Wildman–Crippen LogP) is 1.43. The minimum atomic E-state index is -3.19. The average molecular weight is 351 g/mol. The molecule has 0 spiro atoms. The molecule has 0 radical (unpaired) electrons. The van der Waals surface area contributed by atoms with Gasteiger partial charge in [-0.25, -0.2) is 8.42 Å². The summed E-state index contributed by atoms with van der Waals surface area (Å²) in [5, 5.41) is 0. The van der Waals surface area contributed by atoms with Gasteiger partial charge in [0.15, 0.2) is 0 Å². The van der Waals surface area contributed by atoms with Crippen molar-refractivity contribution < 1.29 is 13.2 Å². The highest BCUT2D eigenvalue weighted by atomic mass is 32.2. The molecule has 1 aromatic rings. The molecular formula is C17H25N3O3S. The summed E-state index contributed by atoms with van der Waals surface area (Å²) in [7, 11) is -3.19. The van der Waals surface area contributed by atoms with E-state index >= 15 is 0 Å². The molecule has 2 saturated heterocycles. The van der Waals surface area contributed by atoms with E-state index < -0.39 is 10.0 Å². The maximum absolute atomic E-state index is 12.8. The Labute approximate surface area is 143 Å². The summed E-state index contributed by atoms with van der Waals surface area (Å²) >= 11 is 0. The van der Waals surface area contributed by atoms with E-state index in [4.69, 9.17) is 5.73 Å². The van der Waals surface area contributed by atoms with E-state index in [1.54, 1.807) is 24.3 Å². The van der Waals surface area contributed by atoms with Crippen molar-refractivity contribution in [2.75, 3.05) is 29.7 Å². The molecule has 2 N–H and O–H groups in total. The number of hydrogen-bond acceptors (Lipinski definition) is 4. The second-order valence-electron chi connectivity index (χ2n) is 6.81. The second-order valence-corrected chi connectivity index (χ2v) is 8.82. The Kier molecular flexibility index (Phi) is 4.83. The zero-order valence-electron chi connectivity index (χ0n) is 14.0. The standard InChI is InChI=1S/C17H25N3O3S/c1-13-7-9-19(16(11-13)12-18)17(21)14-3-5-15(6-4-14)20-8-2-10-24(20,22)23/h3-6,13,16H,2,7-12,18H2,1H3. The van der Waals surface area contributed by atoms with Crippen molar-refractivity contribution in [3.8, 4) is 0 Å². The van der Waals surface area contributed by atoms with Crippen LogP contribution in [0.2, 0.25) is 0 Å². The highest BCUT2D eigenvalue weighted by Crippen LogP contribution is 2.26. The summed E-state index contributed by atoms with van der Waals surface area (Å²) in [5.74, 6) is 0.760. The van der Waals surface area contributed by atoms with Gasteiger partial charge in [-0.05, 0) is 49.4 Å². The van der Waals surface area contributed by atoms with Gasteiger partial charge in [-0.1, -0.05) is 6.92 Å². The fraction of sp³-hybridized carbons (Fsp3) is 0.588. The first kappa shape index (κ1) is 17.2. The first-order chi connectivity index (χ1) is 11.4. The second kappa shape index (κ2) is 6.72. The number of piperidine rings is 1. The van der Waals surface area contributed by atoms with E-state index in [-0.39, 0.29) is 17.7 Å². The van der Waals surface area contributed by atoms with Gasteiger partial charge in [0.1, 0.15) is 0 Å². The molecule has 0 bridgehead atoms. The Morgan fingerprint density at radius 1 is 1.25 bits per heavy atom. The molecule has 2 fully saturated rings. The van der Waals surface area contributed by atoms with E-state index in [0.717, 1.165) is 19.4 Å². The van der Waals surface area contributed by atoms with Gasteiger partial charge in [0.25, 0.3) is 5.91 Å². The van der Waals surface area contributed by atoms with Crippen LogP contribution in [-0.4, -0.2) is 50.7 Å². The van der Waals surface area contributed by atoms with E-state index in [1.165, 1.54) is 4.31 Å². The van der Waals surface area contributed by atoms with Crippen LogP contribution in [0.3, 0.4) is 0 Å². The quantitative estimate of drug-likeness (QED) is 0.893. The summed E-state index contributed by atoms with van der Waals surface area (Å²) < 4.78 is 25.4. The van der Waals surface area contributed by atoms with E-state index in [1.807, 2.05) is 4.90 Å². The highest BCUT2D eigenvalue weighted by molar-refractivity contribution is 7.93. The Bertz CT molecular complexity index is 702. The van der Waals surface area contributed by atoms with Crippen LogP contribution in [0.4, 0.5) is 5.69 Å². The molecule has 1 amide bonds. The van der Waals surface area contributed by atoms with E-state index in [2.05, 4.69) is 6.92 Å². The van der Waals surface area contributed by atoms with Gasteiger partial charge in [0.05, 0.1) is 11.4 Å². The fourth-order valence-corrected chi connectivity index (χ4v) is 5.17. The zero-order chi connectivity index (χ0) is 17.3. The number of rotatable bonds is 3. The Hall–Kier alpha value is -1.60. The van der Waals surface area contributed by atoms with Crippen LogP contribution in [0.1, 0.15) is 36.5 Å². The Morgan fingerprint density at radius 2 is 1.96 bits per heavy atom. The minimum absolute atomic E-state index is 0.0202. The SMILES string of the molecule is CC1CCN(C(=O)c2ccc(N3CCCS3(=O)=O)cc2)C(CN)C1. The van der Waals surface area contributed by atoms with Crippen LogP contribution in [0, 0.1) is 5.92 Å². The lowest BCUT2D eigenvalue weighted by Gasteiger charge is -2.38. The number of carbonyl (C=O) groups is 1. The topological polar surface area (TPSA) is 83.7 Å². The molecule has 7 heteroatoms. The molecule has 6 nitrogen and oxygen atoms in total. The molecule has 1 aromatic carbocycles. The zero-order valence-corrected chi connectivity index (χ0v) is 14.8. The molecule has 2 atom stereocenters. The van der Waals surface area contributed by atoms with Crippen molar-refractivity contribution in [2.24, 2.45) is 11.7 Å². The minimum Gasteiger partial charge on any atom is -0.334 e. The number of amides is 1. The van der Waals surface area contributed by atoms with Gasteiger partial charge in [-0.3, -0.25) is 9.10 Å². The fourth-order valence-electron chi connectivity index (χ4n) is 3.61.